The Morgan fingerprint density at radius 3 is 2.53 bits per heavy atom. The summed E-state index contributed by atoms with van der Waals surface area (Å²) in [4.78, 5) is 11.8. The Balaban J connectivity index is 2.19. The molecular formula is C15H30N2O2. The van der Waals surface area contributed by atoms with Crippen molar-refractivity contribution in [3.8, 4) is 0 Å². The van der Waals surface area contributed by atoms with Crippen LogP contribution in [-0.2, 0) is 0 Å². The fourth-order valence-corrected chi connectivity index (χ4v) is 2.94. The van der Waals surface area contributed by atoms with E-state index in [4.69, 9.17) is 5.11 Å². The van der Waals surface area contributed by atoms with E-state index < -0.39 is 0 Å². The summed E-state index contributed by atoms with van der Waals surface area (Å²) in [6.07, 6.45) is 7.92. The second-order valence-corrected chi connectivity index (χ2v) is 6.25. The minimum absolute atomic E-state index is 0.0628. The van der Waals surface area contributed by atoms with E-state index in [0.717, 1.165) is 25.8 Å². The highest BCUT2D eigenvalue weighted by Gasteiger charge is 2.28. The molecule has 0 radical (unpaired) electrons. The Hall–Kier alpha value is -0.770. The molecule has 4 nitrogen and oxygen atoms in total. The van der Waals surface area contributed by atoms with Gasteiger partial charge in [0.1, 0.15) is 0 Å². The first-order valence-electron chi connectivity index (χ1n) is 7.72. The SMILES string of the molecule is CCCC(CCO)CNC(=O)NCC1(C)CCCC1. The lowest BCUT2D eigenvalue weighted by atomic mass is 9.89. The third-order valence-corrected chi connectivity index (χ3v) is 4.27. The quantitative estimate of drug-likeness (QED) is 0.635. The second kappa shape index (κ2) is 8.41. The first kappa shape index (κ1) is 16.3. The van der Waals surface area contributed by atoms with Crippen LogP contribution in [0.3, 0.4) is 0 Å². The van der Waals surface area contributed by atoms with Gasteiger partial charge in [0.05, 0.1) is 0 Å². The lowest BCUT2D eigenvalue weighted by Gasteiger charge is -2.24. The van der Waals surface area contributed by atoms with E-state index in [0.29, 0.717) is 17.9 Å². The molecule has 2 amide bonds. The number of carbonyl (C=O) groups excluding carboxylic acids is 1. The number of nitrogens with one attached hydrogen (secondary N) is 2. The summed E-state index contributed by atoms with van der Waals surface area (Å²) in [6.45, 7) is 6.03. The Morgan fingerprint density at radius 2 is 1.95 bits per heavy atom. The minimum Gasteiger partial charge on any atom is -0.396 e. The van der Waals surface area contributed by atoms with E-state index in [1.54, 1.807) is 0 Å². The summed E-state index contributed by atoms with van der Waals surface area (Å²) >= 11 is 0. The summed E-state index contributed by atoms with van der Waals surface area (Å²) in [5.74, 6) is 0.391. The molecule has 0 spiro atoms. The first-order chi connectivity index (χ1) is 9.09. The van der Waals surface area contributed by atoms with E-state index >= 15 is 0 Å². The van der Waals surface area contributed by atoms with Gasteiger partial charge in [0.15, 0.2) is 0 Å². The van der Waals surface area contributed by atoms with Crippen molar-refractivity contribution >= 4 is 6.03 Å². The number of amides is 2. The topological polar surface area (TPSA) is 61.4 Å². The normalized spacial score (nSPS) is 19.1. The van der Waals surface area contributed by atoms with Crippen molar-refractivity contribution in [2.45, 2.75) is 58.8 Å². The molecule has 1 saturated carbocycles. The zero-order valence-corrected chi connectivity index (χ0v) is 12.5. The van der Waals surface area contributed by atoms with Crippen molar-refractivity contribution in [2.24, 2.45) is 11.3 Å². The van der Waals surface area contributed by atoms with E-state index in [9.17, 15) is 4.79 Å². The zero-order valence-electron chi connectivity index (χ0n) is 12.5. The molecule has 1 unspecified atom stereocenters. The standard InChI is InChI=1S/C15H30N2O2/c1-3-6-13(7-10-18)11-16-14(19)17-12-15(2)8-4-5-9-15/h13,18H,3-12H2,1-2H3,(H2,16,17,19). The maximum absolute atomic E-state index is 11.8. The largest absolute Gasteiger partial charge is 0.396 e. The molecule has 1 atom stereocenters. The molecule has 1 rings (SSSR count). The Kier molecular flexibility index (Phi) is 7.21. The summed E-state index contributed by atoms with van der Waals surface area (Å²) in [7, 11) is 0. The predicted octanol–water partition coefficient (Wildman–Crippen LogP) is 2.66. The van der Waals surface area contributed by atoms with Gasteiger partial charge in [-0.2, -0.15) is 0 Å². The molecule has 3 N–H and O–H groups in total. The van der Waals surface area contributed by atoms with Crippen LogP contribution in [0.1, 0.15) is 58.8 Å². The van der Waals surface area contributed by atoms with Gasteiger partial charge in [0.25, 0.3) is 0 Å². The lowest BCUT2D eigenvalue weighted by Crippen LogP contribution is -2.42. The van der Waals surface area contributed by atoms with Gasteiger partial charge >= 0.3 is 6.03 Å². The van der Waals surface area contributed by atoms with E-state index in [1.165, 1.54) is 25.7 Å². The molecule has 0 aromatic carbocycles. The maximum atomic E-state index is 11.8. The summed E-state index contributed by atoms with van der Waals surface area (Å²) < 4.78 is 0. The molecule has 1 fully saturated rings. The smallest absolute Gasteiger partial charge is 0.314 e. The summed E-state index contributed by atoms with van der Waals surface area (Å²) in [5.41, 5.74) is 0.297. The minimum atomic E-state index is -0.0628. The van der Waals surface area contributed by atoms with Gasteiger partial charge in [-0.15, -0.1) is 0 Å². The van der Waals surface area contributed by atoms with Crippen molar-refractivity contribution in [3.05, 3.63) is 0 Å². The van der Waals surface area contributed by atoms with Gasteiger partial charge in [0.2, 0.25) is 0 Å². The fourth-order valence-electron chi connectivity index (χ4n) is 2.94. The van der Waals surface area contributed by atoms with Crippen LogP contribution >= 0.6 is 0 Å². The van der Waals surface area contributed by atoms with Crippen LogP contribution < -0.4 is 10.6 Å². The molecule has 0 aliphatic heterocycles. The van der Waals surface area contributed by atoms with Crippen LogP contribution in [0, 0.1) is 11.3 Å². The number of aliphatic hydroxyl groups excluding tert-OH is 1. The van der Waals surface area contributed by atoms with Crippen LogP contribution in [0.25, 0.3) is 0 Å². The zero-order chi connectivity index (χ0) is 14.1. The number of urea groups is 1. The molecule has 0 saturated heterocycles. The predicted molar refractivity (Wildman–Crippen MR) is 78.1 cm³/mol. The molecule has 1 aliphatic carbocycles. The average Bonchev–Trinajstić information content (AvgIpc) is 2.82. The van der Waals surface area contributed by atoms with Crippen molar-refractivity contribution in [1.29, 1.82) is 0 Å². The highest BCUT2D eigenvalue weighted by molar-refractivity contribution is 5.73. The lowest BCUT2D eigenvalue weighted by molar-refractivity contribution is 0.223. The van der Waals surface area contributed by atoms with Gasteiger partial charge < -0.3 is 15.7 Å². The van der Waals surface area contributed by atoms with Crippen LogP contribution in [0.2, 0.25) is 0 Å². The summed E-state index contributed by atoms with van der Waals surface area (Å²) in [5, 5.41) is 14.9. The molecule has 112 valence electrons. The Bertz CT molecular complexity index is 257. The summed E-state index contributed by atoms with van der Waals surface area (Å²) in [6, 6.07) is -0.0628. The number of rotatable bonds is 8. The molecule has 0 heterocycles. The van der Waals surface area contributed by atoms with Crippen molar-refractivity contribution < 1.29 is 9.90 Å². The van der Waals surface area contributed by atoms with E-state index in [2.05, 4.69) is 24.5 Å². The van der Waals surface area contributed by atoms with Crippen molar-refractivity contribution in [2.75, 3.05) is 19.7 Å². The monoisotopic (exact) mass is 270 g/mol. The molecule has 19 heavy (non-hydrogen) atoms. The molecule has 4 heteroatoms. The van der Waals surface area contributed by atoms with Crippen molar-refractivity contribution in [3.63, 3.8) is 0 Å². The fraction of sp³-hybridized carbons (Fsp3) is 0.933. The highest BCUT2D eigenvalue weighted by Crippen LogP contribution is 2.36. The number of hydrogen-bond donors (Lipinski definition) is 3. The van der Waals surface area contributed by atoms with Crippen LogP contribution in [0.15, 0.2) is 0 Å². The Morgan fingerprint density at radius 1 is 1.26 bits per heavy atom. The van der Waals surface area contributed by atoms with Gasteiger partial charge in [-0.3, -0.25) is 0 Å². The van der Waals surface area contributed by atoms with Gasteiger partial charge in [-0.05, 0) is 37.0 Å². The number of hydrogen-bond acceptors (Lipinski definition) is 2. The second-order valence-electron chi connectivity index (χ2n) is 6.25. The van der Waals surface area contributed by atoms with Crippen LogP contribution in [-0.4, -0.2) is 30.8 Å². The van der Waals surface area contributed by atoms with E-state index in [-0.39, 0.29) is 12.6 Å². The molecule has 0 aromatic rings. The van der Waals surface area contributed by atoms with Gasteiger partial charge in [0, 0.05) is 19.7 Å². The molecular weight excluding hydrogens is 240 g/mol. The van der Waals surface area contributed by atoms with Crippen LogP contribution in [0.4, 0.5) is 4.79 Å². The maximum Gasteiger partial charge on any atom is 0.314 e. The molecule has 0 aromatic heterocycles. The number of aliphatic hydroxyl groups is 1. The third-order valence-electron chi connectivity index (χ3n) is 4.27. The van der Waals surface area contributed by atoms with Crippen LogP contribution in [0.5, 0.6) is 0 Å². The highest BCUT2D eigenvalue weighted by atomic mass is 16.3. The van der Waals surface area contributed by atoms with E-state index in [1.807, 2.05) is 0 Å². The Labute approximate surface area is 117 Å². The van der Waals surface area contributed by atoms with Gasteiger partial charge in [-0.25, -0.2) is 4.79 Å². The molecule has 0 bridgehead atoms. The van der Waals surface area contributed by atoms with Gasteiger partial charge in [-0.1, -0.05) is 33.1 Å². The van der Waals surface area contributed by atoms with Crippen molar-refractivity contribution in [1.82, 2.24) is 10.6 Å². The molecule has 1 aliphatic rings. The number of carbonyl (C=O) groups is 1. The first-order valence-corrected chi connectivity index (χ1v) is 7.72. The third kappa shape index (κ3) is 6.28. The average molecular weight is 270 g/mol.